The zero-order valence-electron chi connectivity index (χ0n) is 9.43. The van der Waals surface area contributed by atoms with E-state index < -0.39 is 0 Å². The number of carbonyl (C=O) groups is 1. The maximum atomic E-state index is 11.8. The number of hydrogen-bond acceptors (Lipinski definition) is 3. The summed E-state index contributed by atoms with van der Waals surface area (Å²) in [6.07, 6.45) is -0.101. The maximum Gasteiger partial charge on any atom is 0.177 e. The Morgan fingerprint density at radius 2 is 1.94 bits per heavy atom. The van der Waals surface area contributed by atoms with Gasteiger partial charge in [-0.15, -0.1) is 0 Å². The SMILES string of the molecule is COc1ccc(C(=O)CC#N)c2ccccc12. The van der Waals surface area contributed by atoms with Crippen LogP contribution in [0.15, 0.2) is 36.4 Å². The van der Waals surface area contributed by atoms with Crippen LogP contribution in [-0.2, 0) is 0 Å². The van der Waals surface area contributed by atoms with E-state index in [1.807, 2.05) is 30.3 Å². The molecule has 0 aliphatic carbocycles. The van der Waals surface area contributed by atoms with Crippen molar-refractivity contribution in [1.82, 2.24) is 0 Å². The molecule has 0 amide bonds. The Morgan fingerprint density at radius 3 is 2.59 bits per heavy atom. The number of ketones is 1. The van der Waals surface area contributed by atoms with Crippen molar-refractivity contribution in [3.05, 3.63) is 42.0 Å². The van der Waals surface area contributed by atoms with Crippen molar-refractivity contribution >= 4 is 16.6 Å². The van der Waals surface area contributed by atoms with Crippen molar-refractivity contribution < 1.29 is 9.53 Å². The second-order valence-corrected chi connectivity index (χ2v) is 3.62. The van der Waals surface area contributed by atoms with Crippen molar-refractivity contribution in [3.63, 3.8) is 0 Å². The smallest absolute Gasteiger partial charge is 0.177 e. The Balaban J connectivity index is 2.67. The largest absolute Gasteiger partial charge is 0.496 e. The van der Waals surface area contributed by atoms with Gasteiger partial charge in [-0.1, -0.05) is 24.3 Å². The fraction of sp³-hybridized carbons (Fsp3) is 0.143. The normalized spacial score (nSPS) is 9.88. The molecule has 0 N–H and O–H groups in total. The molecule has 0 unspecified atom stereocenters. The summed E-state index contributed by atoms with van der Waals surface area (Å²) >= 11 is 0. The van der Waals surface area contributed by atoms with Gasteiger partial charge in [0.05, 0.1) is 19.6 Å². The summed E-state index contributed by atoms with van der Waals surface area (Å²) in [5.41, 5.74) is 0.572. The van der Waals surface area contributed by atoms with Gasteiger partial charge in [0.2, 0.25) is 0 Å². The molecule has 0 radical (unpaired) electrons. The molecule has 2 rings (SSSR count). The number of nitriles is 1. The van der Waals surface area contributed by atoms with Crippen molar-refractivity contribution in [2.24, 2.45) is 0 Å². The molecule has 2 aromatic carbocycles. The van der Waals surface area contributed by atoms with E-state index in [1.165, 1.54) is 0 Å². The van der Waals surface area contributed by atoms with Crippen LogP contribution in [0.2, 0.25) is 0 Å². The summed E-state index contributed by atoms with van der Waals surface area (Å²) in [6, 6.07) is 12.9. The fourth-order valence-electron chi connectivity index (χ4n) is 1.86. The van der Waals surface area contributed by atoms with Crippen LogP contribution in [0.4, 0.5) is 0 Å². The third-order valence-electron chi connectivity index (χ3n) is 2.64. The monoisotopic (exact) mass is 225 g/mol. The maximum absolute atomic E-state index is 11.8. The second kappa shape index (κ2) is 4.67. The summed E-state index contributed by atoms with van der Waals surface area (Å²) in [6.45, 7) is 0. The van der Waals surface area contributed by atoms with Crippen LogP contribution in [0, 0.1) is 11.3 Å². The quantitative estimate of drug-likeness (QED) is 0.754. The Kier molecular flexibility index (Phi) is 3.06. The van der Waals surface area contributed by atoms with Crippen LogP contribution >= 0.6 is 0 Å². The van der Waals surface area contributed by atoms with E-state index >= 15 is 0 Å². The lowest BCUT2D eigenvalue weighted by molar-refractivity contribution is 0.0999. The Hall–Kier alpha value is -2.34. The van der Waals surface area contributed by atoms with Crippen molar-refractivity contribution in [2.75, 3.05) is 7.11 Å². The zero-order chi connectivity index (χ0) is 12.3. The van der Waals surface area contributed by atoms with Crippen LogP contribution in [-0.4, -0.2) is 12.9 Å². The molecule has 0 saturated carbocycles. The predicted molar refractivity (Wildman–Crippen MR) is 65.1 cm³/mol. The van der Waals surface area contributed by atoms with Crippen molar-refractivity contribution in [1.29, 1.82) is 5.26 Å². The number of ether oxygens (including phenoxy) is 1. The number of benzene rings is 2. The van der Waals surface area contributed by atoms with E-state index in [1.54, 1.807) is 19.2 Å². The van der Waals surface area contributed by atoms with E-state index in [0.29, 0.717) is 5.56 Å². The molecular formula is C14H11NO2. The minimum Gasteiger partial charge on any atom is -0.496 e. The third-order valence-corrected chi connectivity index (χ3v) is 2.64. The van der Waals surface area contributed by atoms with Gasteiger partial charge in [-0.2, -0.15) is 5.26 Å². The molecule has 2 aromatic rings. The molecule has 0 bridgehead atoms. The minimum atomic E-state index is -0.161. The lowest BCUT2D eigenvalue weighted by atomic mass is 9.99. The number of methoxy groups -OCH3 is 1. The van der Waals surface area contributed by atoms with E-state index in [2.05, 4.69) is 0 Å². The molecule has 0 heterocycles. The summed E-state index contributed by atoms with van der Waals surface area (Å²) in [4.78, 5) is 11.8. The first-order valence-corrected chi connectivity index (χ1v) is 5.24. The number of rotatable bonds is 3. The van der Waals surface area contributed by atoms with E-state index in [4.69, 9.17) is 10.00 Å². The van der Waals surface area contributed by atoms with E-state index in [0.717, 1.165) is 16.5 Å². The van der Waals surface area contributed by atoms with Gasteiger partial charge in [-0.05, 0) is 17.5 Å². The van der Waals surface area contributed by atoms with Gasteiger partial charge in [0.15, 0.2) is 5.78 Å². The molecular weight excluding hydrogens is 214 g/mol. The first-order chi connectivity index (χ1) is 8.27. The molecule has 3 nitrogen and oxygen atoms in total. The van der Waals surface area contributed by atoms with Gasteiger partial charge in [0, 0.05) is 10.9 Å². The van der Waals surface area contributed by atoms with Crippen LogP contribution < -0.4 is 4.74 Å². The fourth-order valence-corrected chi connectivity index (χ4v) is 1.86. The van der Waals surface area contributed by atoms with Gasteiger partial charge in [-0.3, -0.25) is 4.79 Å². The molecule has 0 spiro atoms. The number of Topliss-reactive ketones (excluding diaryl/α,β-unsaturated/α-hetero) is 1. The van der Waals surface area contributed by atoms with Crippen LogP contribution in [0.5, 0.6) is 5.75 Å². The molecule has 0 atom stereocenters. The standard InChI is InChI=1S/C14H11NO2/c1-17-14-7-6-11(13(16)8-9-15)10-4-2-3-5-12(10)14/h2-7H,8H2,1H3. The molecule has 3 heteroatoms. The first-order valence-electron chi connectivity index (χ1n) is 5.24. The van der Waals surface area contributed by atoms with E-state index in [9.17, 15) is 4.79 Å². The number of hydrogen-bond donors (Lipinski definition) is 0. The van der Waals surface area contributed by atoms with Crippen molar-refractivity contribution in [3.8, 4) is 11.8 Å². The number of carbonyl (C=O) groups excluding carboxylic acids is 1. The molecule has 17 heavy (non-hydrogen) atoms. The summed E-state index contributed by atoms with van der Waals surface area (Å²) in [5.74, 6) is 0.570. The zero-order valence-corrected chi connectivity index (χ0v) is 9.43. The van der Waals surface area contributed by atoms with Crippen LogP contribution in [0.1, 0.15) is 16.8 Å². The van der Waals surface area contributed by atoms with Gasteiger partial charge < -0.3 is 4.74 Å². The highest BCUT2D eigenvalue weighted by molar-refractivity contribution is 6.10. The number of fused-ring (bicyclic) bond motifs is 1. The summed E-state index contributed by atoms with van der Waals surface area (Å²) < 4.78 is 5.25. The lowest BCUT2D eigenvalue weighted by Gasteiger charge is -2.08. The summed E-state index contributed by atoms with van der Waals surface area (Å²) in [5, 5.41) is 10.3. The van der Waals surface area contributed by atoms with E-state index in [-0.39, 0.29) is 12.2 Å². The summed E-state index contributed by atoms with van der Waals surface area (Å²) in [7, 11) is 1.60. The van der Waals surface area contributed by atoms with Gasteiger partial charge >= 0.3 is 0 Å². The van der Waals surface area contributed by atoms with Gasteiger partial charge in [0.1, 0.15) is 5.75 Å². The molecule has 0 aliphatic heterocycles. The Bertz CT molecular complexity index is 611. The topological polar surface area (TPSA) is 50.1 Å². The molecule has 0 aliphatic rings. The Morgan fingerprint density at radius 1 is 1.24 bits per heavy atom. The average Bonchev–Trinajstić information content (AvgIpc) is 2.37. The highest BCUT2D eigenvalue weighted by Crippen LogP contribution is 2.28. The molecule has 84 valence electrons. The molecule has 0 aromatic heterocycles. The predicted octanol–water partition coefficient (Wildman–Crippen LogP) is 2.94. The third kappa shape index (κ3) is 1.98. The highest BCUT2D eigenvalue weighted by atomic mass is 16.5. The second-order valence-electron chi connectivity index (χ2n) is 3.62. The van der Waals surface area contributed by atoms with Crippen LogP contribution in [0.25, 0.3) is 10.8 Å². The minimum absolute atomic E-state index is 0.101. The van der Waals surface area contributed by atoms with Crippen LogP contribution in [0.3, 0.4) is 0 Å². The number of nitrogens with zero attached hydrogens (tertiary/aromatic N) is 1. The van der Waals surface area contributed by atoms with Gasteiger partial charge in [0.25, 0.3) is 0 Å². The Labute approximate surface area is 99.2 Å². The molecule has 0 saturated heterocycles. The first kappa shape index (κ1) is 11.2. The lowest BCUT2D eigenvalue weighted by Crippen LogP contribution is -1.99. The van der Waals surface area contributed by atoms with Gasteiger partial charge in [-0.25, -0.2) is 0 Å². The highest BCUT2D eigenvalue weighted by Gasteiger charge is 2.11. The average molecular weight is 225 g/mol. The molecule has 0 fully saturated rings. The van der Waals surface area contributed by atoms with Crippen molar-refractivity contribution in [2.45, 2.75) is 6.42 Å².